The molecule has 0 saturated carbocycles. The lowest BCUT2D eigenvalue weighted by molar-refractivity contribution is -0.118. The standard InChI is InChI=1S/C28H42N4O4S.C19H31N3O2.C14H23N3.ClH/c1-21-19-26(36-7)20-22(2)28(21)37(34,35)30(5)17-15-27(33)31(6)24-10-12-25(13-11-24)32-16-8-9-23(14-18-32)29(3)4;1-19(2,3)24-18(23)20-15-8-10-17(11-9-15)22-13-6-7-16(12-14-22)21(4)5;1-16(2)13-4-3-10-17(11-9-13)14-7-5-12(15)6-8-14;/h10-13,19-20,23H,8-9,14-18H2,1-7H3;8-11,16H,6-7,12-14H2,1-5H3,(H,20,23);5-8,13H,3-4,9-11,15H2,1-2H3;1H. The second kappa shape index (κ2) is 31.1. The van der Waals surface area contributed by atoms with Gasteiger partial charge in [-0.15, -0.1) is 12.4 Å². The number of halogens is 1. The van der Waals surface area contributed by atoms with E-state index in [0.717, 1.165) is 75.2 Å². The van der Waals surface area contributed by atoms with Crippen LogP contribution in [0.1, 0.15) is 96.1 Å². The van der Waals surface area contributed by atoms with Gasteiger partial charge in [-0.05, 0) is 231 Å². The van der Waals surface area contributed by atoms with E-state index in [4.69, 9.17) is 15.2 Å². The number of rotatable bonds is 14. The SMILES string of the molecule is CN(C)C1CCCN(c2ccc(N)cc2)CC1.CN(C)C1CCCN(c2ccc(NC(=O)OC(C)(C)C)cc2)CC1.COc1cc(C)c(S(=O)(=O)N(C)CCC(=O)N(C)c2ccc(N3CCCC(N(C)C)CC3)cc2)c(C)c1.Cl. The van der Waals surface area contributed by atoms with Crippen LogP contribution >= 0.6 is 12.4 Å². The summed E-state index contributed by atoms with van der Waals surface area (Å²) in [6.45, 7) is 15.7. The van der Waals surface area contributed by atoms with E-state index >= 15 is 0 Å². The van der Waals surface area contributed by atoms with Crippen molar-refractivity contribution in [2.75, 3.05) is 140 Å². The van der Waals surface area contributed by atoms with E-state index < -0.39 is 21.7 Å². The predicted molar refractivity (Wildman–Crippen MR) is 332 cm³/mol. The average molecular weight is 1130 g/mol. The molecule has 79 heavy (non-hydrogen) atoms. The minimum absolute atomic E-state index is 0. The third-order valence-electron chi connectivity index (χ3n) is 15.4. The molecule has 3 aliphatic rings. The average Bonchev–Trinajstić information content (AvgIpc) is 3.92. The van der Waals surface area contributed by atoms with Crippen LogP contribution in [0.4, 0.5) is 38.9 Å². The van der Waals surface area contributed by atoms with E-state index in [9.17, 15) is 18.0 Å². The molecular formula is C61H97ClN10O6S. The molecule has 2 amide bonds. The number of nitrogens with two attached hydrogens (primary N) is 1. The largest absolute Gasteiger partial charge is 0.497 e. The van der Waals surface area contributed by atoms with Crippen LogP contribution in [0.2, 0.25) is 0 Å². The number of carbonyl (C=O) groups excluding carboxylic acids is 2. The number of nitrogen functional groups attached to an aromatic ring is 1. The zero-order chi connectivity index (χ0) is 57.3. The number of sulfonamides is 1. The van der Waals surface area contributed by atoms with Crippen molar-refractivity contribution >= 4 is 68.6 Å². The Hall–Kier alpha value is -5.30. The lowest BCUT2D eigenvalue weighted by Gasteiger charge is -2.26. The van der Waals surface area contributed by atoms with Crippen LogP contribution in [-0.2, 0) is 19.6 Å². The van der Waals surface area contributed by atoms with Gasteiger partial charge in [0.25, 0.3) is 0 Å². The monoisotopic (exact) mass is 1130 g/mol. The minimum Gasteiger partial charge on any atom is -0.497 e. The Morgan fingerprint density at radius 2 is 1.01 bits per heavy atom. The topological polar surface area (TPSA) is 151 Å². The van der Waals surface area contributed by atoms with Crippen molar-refractivity contribution < 1.29 is 27.5 Å². The van der Waals surface area contributed by atoms with Gasteiger partial charge >= 0.3 is 6.09 Å². The molecular weight excluding hydrogens is 1040 g/mol. The van der Waals surface area contributed by atoms with Gasteiger partial charge in [0.2, 0.25) is 15.9 Å². The summed E-state index contributed by atoms with van der Waals surface area (Å²) in [7, 11) is 14.1. The molecule has 0 aromatic heterocycles. The van der Waals surface area contributed by atoms with Gasteiger partial charge in [-0.1, -0.05) is 0 Å². The van der Waals surface area contributed by atoms with Gasteiger partial charge in [-0.3, -0.25) is 10.1 Å². The maximum absolute atomic E-state index is 13.2. The van der Waals surface area contributed by atoms with Crippen molar-refractivity contribution in [1.82, 2.24) is 19.0 Å². The number of amides is 2. The highest BCUT2D eigenvalue weighted by atomic mass is 35.5. The molecule has 0 radical (unpaired) electrons. The molecule has 0 aliphatic carbocycles. The molecule has 440 valence electrons. The Morgan fingerprint density at radius 1 is 0.620 bits per heavy atom. The Balaban J connectivity index is 0.000000274. The van der Waals surface area contributed by atoms with Gasteiger partial charge in [0.1, 0.15) is 11.4 Å². The zero-order valence-electron chi connectivity index (χ0n) is 50.3. The van der Waals surface area contributed by atoms with Crippen molar-refractivity contribution in [2.24, 2.45) is 0 Å². The first-order chi connectivity index (χ1) is 36.9. The number of benzene rings is 4. The van der Waals surface area contributed by atoms with Gasteiger partial charge < -0.3 is 49.5 Å². The fourth-order valence-corrected chi connectivity index (χ4v) is 12.2. The number of carbonyl (C=O) groups is 2. The molecule has 0 spiro atoms. The van der Waals surface area contributed by atoms with E-state index in [0.29, 0.717) is 29.0 Å². The van der Waals surface area contributed by atoms with Gasteiger partial charge in [0.15, 0.2) is 0 Å². The number of nitrogens with one attached hydrogen (secondary N) is 1. The second-order valence-corrected chi connectivity index (χ2v) is 25.0. The van der Waals surface area contributed by atoms with E-state index in [1.54, 1.807) is 45.0 Å². The van der Waals surface area contributed by atoms with Crippen LogP contribution in [0.3, 0.4) is 0 Å². The number of methoxy groups -OCH3 is 1. The highest BCUT2D eigenvalue weighted by Gasteiger charge is 2.27. The van der Waals surface area contributed by atoms with E-state index in [1.165, 1.54) is 73.4 Å². The Kier molecular flexibility index (Phi) is 26.0. The molecule has 3 unspecified atom stereocenters. The number of nitrogens with zero attached hydrogens (tertiary/aromatic N) is 8. The Morgan fingerprint density at radius 3 is 1.39 bits per heavy atom. The van der Waals surface area contributed by atoms with Gasteiger partial charge in [-0.2, -0.15) is 0 Å². The summed E-state index contributed by atoms with van der Waals surface area (Å²) in [5.74, 6) is 0.481. The van der Waals surface area contributed by atoms with E-state index in [2.05, 4.69) is 113 Å². The Bertz CT molecular complexity index is 2570. The lowest BCUT2D eigenvalue weighted by atomic mass is 10.1. The van der Waals surface area contributed by atoms with Crippen LogP contribution in [0, 0.1) is 13.8 Å². The fourth-order valence-electron chi connectivity index (χ4n) is 10.6. The smallest absolute Gasteiger partial charge is 0.412 e. The lowest BCUT2D eigenvalue weighted by Crippen LogP contribution is -2.34. The number of aryl methyl sites for hydroxylation is 2. The third kappa shape index (κ3) is 20.3. The number of hydrogen-bond donors (Lipinski definition) is 2. The normalized spacial score (nSPS) is 18.3. The first-order valence-electron chi connectivity index (χ1n) is 28.0. The van der Waals surface area contributed by atoms with Gasteiger partial charge in [0, 0.05) is 119 Å². The van der Waals surface area contributed by atoms with Crippen LogP contribution in [-0.4, -0.2) is 172 Å². The zero-order valence-corrected chi connectivity index (χ0v) is 51.9. The molecule has 4 aromatic carbocycles. The molecule has 3 N–H and O–H groups in total. The molecule has 3 aliphatic heterocycles. The van der Waals surface area contributed by atoms with Gasteiger partial charge in [-0.25, -0.2) is 17.5 Å². The van der Waals surface area contributed by atoms with Crippen molar-refractivity contribution in [3.05, 3.63) is 96.1 Å². The number of ether oxygens (including phenoxy) is 2. The van der Waals surface area contributed by atoms with E-state index in [-0.39, 0.29) is 36.2 Å². The fraction of sp³-hybridized carbons (Fsp3) is 0.574. The summed E-state index contributed by atoms with van der Waals surface area (Å²) < 4.78 is 38.3. The predicted octanol–water partition coefficient (Wildman–Crippen LogP) is 10.5. The first kappa shape index (κ1) is 66.2. The molecule has 3 heterocycles. The summed E-state index contributed by atoms with van der Waals surface area (Å²) in [4.78, 5) is 40.9. The van der Waals surface area contributed by atoms with Gasteiger partial charge in [0.05, 0.1) is 12.0 Å². The molecule has 16 nitrogen and oxygen atoms in total. The highest BCUT2D eigenvalue weighted by molar-refractivity contribution is 7.89. The van der Waals surface area contributed by atoms with Crippen molar-refractivity contribution in [3.8, 4) is 5.75 Å². The molecule has 3 atom stereocenters. The maximum Gasteiger partial charge on any atom is 0.412 e. The van der Waals surface area contributed by atoms with Crippen LogP contribution in [0.25, 0.3) is 0 Å². The molecule has 4 aromatic rings. The van der Waals surface area contributed by atoms with Crippen molar-refractivity contribution in [1.29, 1.82) is 0 Å². The molecule has 7 rings (SSSR count). The summed E-state index contributed by atoms with van der Waals surface area (Å²) in [5, 5.41) is 2.78. The summed E-state index contributed by atoms with van der Waals surface area (Å²) in [6, 6.07) is 29.8. The Labute approximate surface area is 482 Å². The summed E-state index contributed by atoms with van der Waals surface area (Å²) in [6.07, 6.45) is 10.6. The maximum atomic E-state index is 13.2. The van der Waals surface area contributed by atoms with Crippen molar-refractivity contribution in [3.63, 3.8) is 0 Å². The highest BCUT2D eigenvalue weighted by Crippen LogP contribution is 2.30. The molecule has 3 saturated heterocycles. The summed E-state index contributed by atoms with van der Waals surface area (Å²) >= 11 is 0. The number of anilines is 6. The van der Waals surface area contributed by atoms with Crippen molar-refractivity contribution in [2.45, 2.75) is 127 Å². The van der Waals surface area contributed by atoms with Crippen LogP contribution in [0.5, 0.6) is 5.75 Å². The molecule has 3 fully saturated rings. The van der Waals surface area contributed by atoms with Crippen LogP contribution in [0.15, 0.2) is 89.8 Å². The third-order valence-corrected chi connectivity index (χ3v) is 17.5. The van der Waals surface area contributed by atoms with Crippen LogP contribution < -0.4 is 35.4 Å². The minimum atomic E-state index is -3.74. The second-order valence-electron chi connectivity index (χ2n) is 23.0. The molecule has 0 bridgehead atoms. The first-order valence-corrected chi connectivity index (χ1v) is 29.5. The van der Waals surface area contributed by atoms with E-state index in [1.807, 2.05) is 57.2 Å². The number of hydrogen-bond acceptors (Lipinski definition) is 13. The summed E-state index contributed by atoms with van der Waals surface area (Å²) in [5.41, 5.74) is 12.6. The molecule has 18 heteroatoms. The quantitative estimate of drug-likeness (QED) is 0.115.